The Bertz CT molecular complexity index is 766. The van der Waals surface area contributed by atoms with Gasteiger partial charge in [-0.3, -0.25) is 14.4 Å². The summed E-state index contributed by atoms with van der Waals surface area (Å²) < 4.78 is 16.7. The second-order valence-corrected chi connectivity index (χ2v) is 15.7. The van der Waals surface area contributed by atoms with E-state index in [0.29, 0.717) is 19.3 Å². The van der Waals surface area contributed by atoms with Gasteiger partial charge in [-0.15, -0.1) is 0 Å². The average Bonchev–Trinajstić information content (AvgIpc) is 3.09. The molecule has 2 atom stereocenters. The zero-order chi connectivity index (χ0) is 36.9. The molecule has 0 aromatic rings. The van der Waals surface area contributed by atoms with Crippen molar-refractivity contribution >= 4 is 17.9 Å². The largest absolute Gasteiger partial charge is 0.462 e. The van der Waals surface area contributed by atoms with E-state index in [2.05, 4.69) is 34.6 Å². The van der Waals surface area contributed by atoms with Crippen LogP contribution in [0.2, 0.25) is 0 Å². The van der Waals surface area contributed by atoms with Crippen LogP contribution in [0.15, 0.2) is 0 Å². The van der Waals surface area contributed by atoms with Gasteiger partial charge in [-0.05, 0) is 31.1 Å². The minimum atomic E-state index is -0.760. The maximum atomic E-state index is 12.6. The van der Waals surface area contributed by atoms with Gasteiger partial charge < -0.3 is 14.2 Å². The van der Waals surface area contributed by atoms with Crippen LogP contribution >= 0.6 is 0 Å². The van der Waals surface area contributed by atoms with Crippen molar-refractivity contribution in [2.45, 2.75) is 240 Å². The van der Waals surface area contributed by atoms with Gasteiger partial charge in [0.2, 0.25) is 0 Å². The molecule has 0 aromatic carbocycles. The van der Waals surface area contributed by atoms with Crippen molar-refractivity contribution in [1.82, 2.24) is 0 Å². The summed E-state index contributed by atoms with van der Waals surface area (Å²) in [5.74, 6) is 0.760. The van der Waals surface area contributed by atoms with Gasteiger partial charge in [-0.1, -0.05) is 195 Å². The Hall–Kier alpha value is -1.59. The summed E-state index contributed by atoms with van der Waals surface area (Å²) in [7, 11) is 0. The summed E-state index contributed by atoms with van der Waals surface area (Å²) in [4.78, 5) is 37.6. The molecular weight excluding hydrogens is 624 g/mol. The standard InChI is InChI=1S/C44H84O6/c1-6-8-9-10-11-12-13-19-24-29-34-42(45)48-37-41(50-44(47)36-31-26-21-16-17-22-27-32-39(3)4)38-49-43(46)35-30-25-20-15-14-18-23-28-33-40(5)7-2/h39-41H,6-38H2,1-5H3/t40?,41-/m1/s1. The maximum absolute atomic E-state index is 12.6. The molecule has 6 heteroatoms. The predicted molar refractivity (Wildman–Crippen MR) is 210 cm³/mol. The Morgan fingerprint density at radius 3 is 1.14 bits per heavy atom. The van der Waals surface area contributed by atoms with E-state index in [9.17, 15) is 14.4 Å². The van der Waals surface area contributed by atoms with Gasteiger partial charge in [0.25, 0.3) is 0 Å². The lowest BCUT2D eigenvalue weighted by atomic mass is 9.99. The lowest BCUT2D eigenvalue weighted by molar-refractivity contribution is -0.167. The van der Waals surface area contributed by atoms with E-state index >= 15 is 0 Å². The molecular formula is C44H84O6. The highest BCUT2D eigenvalue weighted by atomic mass is 16.6. The highest BCUT2D eigenvalue weighted by Crippen LogP contribution is 2.17. The third-order valence-corrected chi connectivity index (χ3v) is 10.1. The van der Waals surface area contributed by atoms with Crippen LogP contribution in [0, 0.1) is 11.8 Å². The van der Waals surface area contributed by atoms with Crippen molar-refractivity contribution in [3.8, 4) is 0 Å². The van der Waals surface area contributed by atoms with E-state index in [1.54, 1.807) is 0 Å². The van der Waals surface area contributed by atoms with Crippen molar-refractivity contribution in [2.24, 2.45) is 11.8 Å². The molecule has 0 saturated heterocycles. The second-order valence-electron chi connectivity index (χ2n) is 15.7. The molecule has 0 bridgehead atoms. The maximum Gasteiger partial charge on any atom is 0.306 e. The normalized spacial score (nSPS) is 12.6. The number of hydrogen-bond donors (Lipinski definition) is 0. The third-order valence-electron chi connectivity index (χ3n) is 10.1. The molecule has 0 radical (unpaired) electrons. The zero-order valence-electron chi connectivity index (χ0n) is 34.0. The first kappa shape index (κ1) is 48.4. The predicted octanol–water partition coefficient (Wildman–Crippen LogP) is 13.4. The first-order valence-corrected chi connectivity index (χ1v) is 21.8. The Morgan fingerprint density at radius 2 is 0.760 bits per heavy atom. The summed E-state index contributed by atoms with van der Waals surface area (Å²) in [5.41, 5.74) is 0. The molecule has 50 heavy (non-hydrogen) atoms. The zero-order valence-corrected chi connectivity index (χ0v) is 34.0. The van der Waals surface area contributed by atoms with Gasteiger partial charge >= 0.3 is 17.9 Å². The fourth-order valence-corrected chi connectivity index (χ4v) is 6.37. The molecule has 0 aromatic heterocycles. The van der Waals surface area contributed by atoms with E-state index in [0.717, 1.165) is 69.6 Å². The van der Waals surface area contributed by atoms with Crippen LogP contribution in [0.3, 0.4) is 0 Å². The third kappa shape index (κ3) is 36.2. The number of carbonyl (C=O) groups excluding carboxylic acids is 3. The smallest absolute Gasteiger partial charge is 0.306 e. The van der Waals surface area contributed by atoms with Crippen LogP contribution in [-0.4, -0.2) is 37.2 Å². The summed E-state index contributed by atoms with van der Waals surface area (Å²) in [6, 6.07) is 0. The highest BCUT2D eigenvalue weighted by Gasteiger charge is 2.19. The quantitative estimate of drug-likeness (QED) is 0.0361. The summed E-state index contributed by atoms with van der Waals surface area (Å²) in [5, 5.41) is 0. The van der Waals surface area contributed by atoms with Crippen LogP contribution in [-0.2, 0) is 28.6 Å². The topological polar surface area (TPSA) is 78.9 Å². The molecule has 1 unspecified atom stereocenters. The molecule has 0 saturated carbocycles. The SMILES string of the molecule is CCCCCCCCCCCCC(=O)OC[C@H](COC(=O)CCCCCCCCCCC(C)CC)OC(=O)CCCCCCCCCC(C)C. The van der Waals surface area contributed by atoms with E-state index in [-0.39, 0.29) is 31.1 Å². The van der Waals surface area contributed by atoms with Gasteiger partial charge in [-0.2, -0.15) is 0 Å². The Balaban J connectivity index is 4.35. The molecule has 0 spiro atoms. The van der Waals surface area contributed by atoms with E-state index in [1.165, 1.54) is 122 Å². The highest BCUT2D eigenvalue weighted by molar-refractivity contribution is 5.71. The number of carbonyl (C=O) groups is 3. The number of rotatable bonds is 38. The first-order valence-electron chi connectivity index (χ1n) is 21.8. The average molecular weight is 709 g/mol. The molecule has 0 aliphatic rings. The van der Waals surface area contributed by atoms with Crippen LogP contribution in [0.4, 0.5) is 0 Å². The molecule has 0 aliphatic carbocycles. The van der Waals surface area contributed by atoms with Crippen LogP contribution in [0.25, 0.3) is 0 Å². The van der Waals surface area contributed by atoms with E-state index in [4.69, 9.17) is 14.2 Å². The monoisotopic (exact) mass is 709 g/mol. The number of hydrogen-bond acceptors (Lipinski definition) is 6. The van der Waals surface area contributed by atoms with Crippen molar-refractivity contribution in [3.63, 3.8) is 0 Å². The molecule has 6 nitrogen and oxygen atoms in total. The van der Waals surface area contributed by atoms with Crippen LogP contribution < -0.4 is 0 Å². The molecule has 0 amide bonds. The number of unbranched alkanes of at least 4 members (excludes halogenated alkanes) is 22. The molecule has 0 N–H and O–H groups in total. The van der Waals surface area contributed by atoms with E-state index < -0.39 is 6.10 Å². The van der Waals surface area contributed by atoms with Crippen LogP contribution in [0.5, 0.6) is 0 Å². The molecule has 0 heterocycles. The molecule has 0 rings (SSSR count). The Morgan fingerprint density at radius 1 is 0.420 bits per heavy atom. The summed E-state index contributed by atoms with van der Waals surface area (Å²) >= 11 is 0. The van der Waals surface area contributed by atoms with Gasteiger partial charge in [0, 0.05) is 19.3 Å². The number of ether oxygens (including phenoxy) is 3. The minimum absolute atomic E-state index is 0.0661. The van der Waals surface area contributed by atoms with Gasteiger partial charge in [0.15, 0.2) is 6.10 Å². The van der Waals surface area contributed by atoms with Crippen LogP contribution in [0.1, 0.15) is 234 Å². The van der Waals surface area contributed by atoms with E-state index in [1.807, 2.05) is 0 Å². The Kier molecular flexibility index (Phi) is 36.0. The fraction of sp³-hybridized carbons (Fsp3) is 0.932. The lowest BCUT2D eigenvalue weighted by Crippen LogP contribution is -2.30. The second kappa shape index (κ2) is 37.2. The van der Waals surface area contributed by atoms with Gasteiger partial charge in [0.1, 0.15) is 13.2 Å². The van der Waals surface area contributed by atoms with Gasteiger partial charge in [0.05, 0.1) is 0 Å². The first-order chi connectivity index (χ1) is 24.3. The molecule has 0 aliphatic heterocycles. The fourth-order valence-electron chi connectivity index (χ4n) is 6.37. The van der Waals surface area contributed by atoms with Gasteiger partial charge in [-0.25, -0.2) is 0 Å². The summed E-state index contributed by atoms with van der Waals surface area (Å²) in [6.07, 6.45) is 33.7. The minimum Gasteiger partial charge on any atom is -0.462 e. The van der Waals surface area contributed by atoms with Crippen molar-refractivity contribution < 1.29 is 28.6 Å². The number of esters is 3. The van der Waals surface area contributed by atoms with Crippen molar-refractivity contribution in [1.29, 1.82) is 0 Å². The Labute approximate surface area is 310 Å². The molecule has 0 fully saturated rings. The lowest BCUT2D eigenvalue weighted by Gasteiger charge is -2.18. The van der Waals surface area contributed by atoms with Crippen molar-refractivity contribution in [2.75, 3.05) is 13.2 Å². The van der Waals surface area contributed by atoms with Crippen molar-refractivity contribution in [3.05, 3.63) is 0 Å². The molecule has 296 valence electrons. The summed E-state index contributed by atoms with van der Waals surface area (Å²) in [6.45, 7) is 11.3.